The van der Waals surface area contributed by atoms with Crippen LogP contribution >= 0.6 is 0 Å². The van der Waals surface area contributed by atoms with Gasteiger partial charge >= 0.3 is 5.91 Å². The minimum atomic E-state index is -1.11. The van der Waals surface area contributed by atoms with E-state index in [0.717, 1.165) is 4.90 Å². The van der Waals surface area contributed by atoms with E-state index in [2.05, 4.69) is 4.98 Å². The number of nitrogens with zero attached hydrogens (tertiary/aromatic N) is 3. The fraction of sp³-hybridized carbons (Fsp3) is 0.0870. The van der Waals surface area contributed by atoms with Crippen LogP contribution in [-0.4, -0.2) is 33.8 Å². The Morgan fingerprint density at radius 2 is 1.88 bits per heavy atom. The van der Waals surface area contributed by atoms with E-state index in [4.69, 9.17) is 4.74 Å². The van der Waals surface area contributed by atoms with E-state index in [-0.39, 0.29) is 28.2 Å². The van der Waals surface area contributed by atoms with E-state index < -0.39 is 28.4 Å². The van der Waals surface area contributed by atoms with Crippen LogP contribution < -0.4 is 9.64 Å². The molecule has 9 heteroatoms. The Morgan fingerprint density at radius 3 is 2.56 bits per heavy atom. The number of nitro benzene ring substituents is 1. The summed E-state index contributed by atoms with van der Waals surface area (Å²) < 4.78 is 5.18. The van der Waals surface area contributed by atoms with Crippen LogP contribution in [0.15, 0.2) is 78.5 Å². The first-order valence-electron chi connectivity index (χ1n) is 9.53. The summed E-state index contributed by atoms with van der Waals surface area (Å²) >= 11 is 0. The lowest BCUT2D eigenvalue weighted by atomic mass is 9.95. The van der Waals surface area contributed by atoms with Crippen molar-refractivity contribution in [3.8, 4) is 5.75 Å². The fourth-order valence-electron chi connectivity index (χ4n) is 3.61. The van der Waals surface area contributed by atoms with Gasteiger partial charge in [-0.05, 0) is 29.8 Å². The highest BCUT2D eigenvalue weighted by molar-refractivity contribution is 6.51. The third-order valence-corrected chi connectivity index (χ3v) is 5.08. The number of ether oxygens (including phenoxy) is 1. The number of nitro groups is 1. The molecule has 32 heavy (non-hydrogen) atoms. The minimum absolute atomic E-state index is 0.177. The monoisotopic (exact) mass is 431 g/mol. The van der Waals surface area contributed by atoms with Gasteiger partial charge in [0.15, 0.2) is 0 Å². The standard InChI is InChI=1S/C23H17N3O6/c1-32-17-9-5-7-15(13-17)21(27)19-20(14-6-4-8-16(12-14)26(30)31)25(23(29)22(19)28)18-10-2-3-11-24-18/h2-13,20,27H,1H3. The highest BCUT2D eigenvalue weighted by Crippen LogP contribution is 2.42. The Bertz CT molecular complexity index is 1260. The molecule has 160 valence electrons. The van der Waals surface area contributed by atoms with Crippen molar-refractivity contribution < 1.29 is 24.4 Å². The average molecular weight is 431 g/mol. The summed E-state index contributed by atoms with van der Waals surface area (Å²) in [7, 11) is 1.46. The number of aromatic nitrogens is 1. The van der Waals surface area contributed by atoms with Gasteiger partial charge < -0.3 is 9.84 Å². The Morgan fingerprint density at radius 1 is 1.09 bits per heavy atom. The summed E-state index contributed by atoms with van der Waals surface area (Å²) in [5, 5.41) is 22.4. The zero-order valence-corrected chi connectivity index (χ0v) is 16.8. The van der Waals surface area contributed by atoms with E-state index in [9.17, 15) is 24.8 Å². The van der Waals surface area contributed by atoms with Gasteiger partial charge in [-0.15, -0.1) is 0 Å². The van der Waals surface area contributed by atoms with Crippen molar-refractivity contribution in [2.75, 3.05) is 12.0 Å². The lowest BCUT2D eigenvalue weighted by molar-refractivity contribution is -0.384. The van der Waals surface area contributed by atoms with E-state index >= 15 is 0 Å². The molecule has 1 aromatic heterocycles. The number of Topliss-reactive ketones (excluding diaryl/α,β-unsaturated/α-hetero) is 1. The van der Waals surface area contributed by atoms with Crippen LogP contribution in [0.5, 0.6) is 5.75 Å². The second-order valence-electron chi connectivity index (χ2n) is 6.94. The molecule has 1 fully saturated rings. The Hall–Kier alpha value is -4.53. The molecule has 1 amide bonds. The number of benzene rings is 2. The molecule has 1 aliphatic rings. The van der Waals surface area contributed by atoms with Gasteiger partial charge in [0.05, 0.1) is 23.6 Å². The zero-order valence-electron chi connectivity index (χ0n) is 16.8. The topological polar surface area (TPSA) is 123 Å². The SMILES string of the molecule is COc1cccc(C(O)=C2C(=O)C(=O)N(c3ccccn3)C2c2cccc([N+](=O)[O-])c2)c1. The van der Waals surface area contributed by atoms with Gasteiger partial charge in [0.2, 0.25) is 0 Å². The van der Waals surface area contributed by atoms with Crippen molar-refractivity contribution >= 4 is 29.0 Å². The lowest BCUT2D eigenvalue weighted by Crippen LogP contribution is -2.30. The van der Waals surface area contributed by atoms with Gasteiger partial charge in [-0.25, -0.2) is 4.98 Å². The highest BCUT2D eigenvalue weighted by atomic mass is 16.6. The molecule has 0 saturated carbocycles. The summed E-state index contributed by atoms with van der Waals surface area (Å²) in [6.45, 7) is 0. The minimum Gasteiger partial charge on any atom is -0.507 e. The van der Waals surface area contributed by atoms with Crippen molar-refractivity contribution in [3.05, 3.63) is 99.7 Å². The van der Waals surface area contributed by atoms with Crippen LogP contribution in [0.4, 0.5) is 11.5 Å². The molecule has 1 N–H and O–H groups in total. The van der Waals surface area contributed by atoms with Crippen LogP contribution in [0.1, 0.15) is 17.2 Å². The second kappa shape index (κ2) is 8.31. The number of carbonyl (C=O) groups is 2. The first kappa shape index (κ1) is 20.7. The first-order valence-corrected chi connectivity index (χ1v) is 9.53. The number of pyridine rings is 1. The summed E-state index contributed by atoms with van der Waals surface area (Å²) in [4.78, 5) is 42.1. The second-order valence-corrected chi connectivity index (χ2v) is 6.94. The van der Waals surface area contributed by atoms with E-state index in [0.29, 0.717) is 5.75 Å². The number of amides is 1. The Labute approximate surface area is 182 Å². The van der Waals surface area contributed by atoms with E-state index in [1.807, 2.05) is 0 Å². The molecule has 1 aliphatic heterocycles. The molecule has 1 saturated heterocycles. The van der Waals surface area contributed by atoms with Crippen LogP contribution in [0.25, 0.3) is 5.76 Å². The van der Waals surface area contributed by atoms with Crippen molar-refractivity contribution in [2.45, 2.75) is 6.04 Å². The predicted molar refractivity (Wildman–Crippen MR) is 115 cm³/mol. The third-order valence-electron chi connectivity index (χ3n) is 5.08. The van der Waals surface area contributed by atoms with Gasteiger partial charge in [-0.3, -0.25) is 24.6 Å². The fourth-order valence-corrected chi connectivity index (χ4v) is 3.61. The highest BCUT2D eigenvalue weighted by Gasteiger charge is 2.47. The molecule has 0 bridgehead atoms. The molecule has 1 unspecified atom stereocenters. The van der Waals surface area contributed by atoms with Crippen molar-refractivity contribution in [1.29, 1.82) is 0 Å². The maximum atomic E-state index is 13.1. The van der Waals surface area contributed by atoms with Crippen LogP contribution in [-0.2, 0) is 9.59 Å². The smallest absolute Gasteiger partial charge is 0.301 e. The molecule has 2 heterocycles. The number of aliphatic hydroxyl groups is 1. The van der Waals surface area contributed by atoms with Gasteiger partial charge in [0, 0.05) is 23.9 Å². The quantitative estimate of drug-likeness (QED) is 0.215. The average Bonchev–Trinajstić information content (AvgIpc) is 3.09. The third kappa shape index (κ3) is 3.56. The van der Waals surface area contributed by atoms with Crippen LogP contribution in [0.2, 0.25) is 0 Å². The number of carbonyl (C=O) groups excluding carboxylic acids is 2. The number of non-ortho nitro benzene ring substituents is 1. The van der Waals surface area contributed by atoms with E-state index in [1.165, 1.54) is 37.6 Å². The maximum absolute atomic E-state index is 13.1. The Kier molecular flexibility index (Phi) is 5.38. The van der Waals surface area contributed by atoms with Crippen molar-refractivity contribution in [3.63, 3.8) is 0 Å². The zero-order chi connectivity index (χ0) is 22.8. The molecule has 2 aromatic carbocycles. The number of aliphatic hydroxyl groups excluding tert-OH is 1. The molecule has 4 rings (SSSR count). The molecule has 9 nitrogen and oxygen atoms in total. The molecular weight excluding hydrogens is 414 g/mol. The largest absolute Gasteiger partial charge is 0.507 e. The molecule has 0 radical (unpaired) electrons. The Balaban J connectivity index is 1.97. The van der Waals surface area contributed by atoms with Crippen LogP contribution in [0, 0.1) is 10.1 Å². The molecular formula is C23H17N3O6. The normalized spacial score (nSPS) is 17.4. The lowest BCUT2D eigenvalue weighted by Gasteiger charge is -2.24. The summed E-state index contributed by atoms with van der Waals surface area (Å²) in [5.74, 6) is -1.62. The number of anilines is 1. The van der Waals surface area contributed by atoms with E-state index in [1.54, 1.807) is 42.5 Å². The van der Waals surface area contributed by atoms with Crippen molar-refractivity contribution in [1.82, 2.24) is 4.98 Å². The molecule has 0 aliphatic carbocycles. The van der Waals surface area contributed by atoms with Crippen LogP contribution in [0.3, 0.4) is 0 Å². The number of rotatable bonds is 5. The summed E-state index contributed by atoms with van der Waals surface area (Å²) in [5.41, 5.74) is 0.136. The predicted octanol–water partition coefficient (Wildman–Crippen LogP) is 3.62. The number of methoxy groups -OCH3 is 1. The molecule has 0 spiro atoms. The number of hydrogen-bond acceptors (Lipinski definition) is 7. The van der Waals surface area contributed by atoms with Gasteiger partial charge in [0.25, 0.3) is 11.5 Å². The molecule has 3 aromatic rings. The van der Waals surface area contributed by atoms with Gasteiger partial charge in [0.1, 0.15) is 17.3 Å². The number of hydrogen-bond donors (Lipinski definition) is 1. The number of ketones is 1. The maximum Gasteiger partial charge on any atom is 0.301 e. The van der Waals surface area contributed by atoms with Crippen molar-refractivity contribution in [2.24, 2.45) is 0 Å². The summed E-state index contributed by atoms with van der Waals surface area (Å²) in [6, 6.07) is 15.7. The molecule has 1 atom stereocenters. The van der Waals surface area contributed by atoms with Gasteiger partial charge in [-0.1, -0.05) is 30.3 Å². The summed E-state index contributed by atoms with van der Waals surface area (Å²) in [6.07, 6.45) is 1.46. The van der Waals surface area contributed by atoms with Gasteiger partial charge in [-0.2, -0.15) is 0 Å². The first-order chi connectivity index (χ1) is 15.4.